The molecule has 0 aliphatic rings. The van der Waals surface area contributed by atoms with Gasteiger partial charge in [-0.1, -0.05) is 47.0 Å². The van der Waals surface area contributed by atoms with Gasteiger partial charge in [0, 0.05) is 24.3 Å². The minimum Gasteiger partial charge on any atom is -0.381 e. The minimum absolute atomic E-state index is 0. The second-order valence-corrected chi connectivity index (χ2v) is 6.02. The van der Waals surface area contributed by atoms with Crippen LogP contribution in [0.2, 0.25) is 0 Å². The molecule has 0 aromatic carbocycles. The van der Waals surface area contributed by atoms with Crippen LogP contribution in [0.15, 0.2) is 0 Å². The summed E-state index contributed by atoms with van der Waals surface area (Å²) in [7, 11) is 0. The maximum atomic E-state index is 11.8. The van der Waals surface area contributed by atoms with Gasteiger partial charge in [-0.05, 0) is 25.7 Å². The number of thioether (sulfide) groups is 1. The van der Waals surface area contributed by atoms with E-state index in [0.29, 0.717) is 19.4 Å². The molecule has 0 atom stereocenters. The van der Waals surface area contributed by atoms with E-state index in [9.17, 15) is 13.2 Å². The van der Waals surface area contributed by atoms with Crippen molar-refractivity contribution in [2.45, 2.75) is 50.5 Å². The van der Waals surface area contributed by atoms with Crippen LogP contribution in [0, 0.1) is 0 Å². The first-order valence-electron chi connectivity index (χ1n) is 6.40. The predicted molar refractivity (Wildman–Crippen MR) is 85.8 cm³/mol. The van der Waals surface area contributed by atoms with Crippen LogP contribution >= 0.6 is 44.7 Å². The zero-order valence-electron chi connectivity index (χ0n) is 11.0. The summed E-state index contributed by atoms with van der Waals surface area (Å²) in [4.78, 5) is 0. The fourth-order valence-electron chi connectivity index (χ4n) is 1.43. The third-order valence-corrected chi connectivity index (χ3v) is 3.75. The second kappa shape index (κ2) is 15.4. The Balaban J connectivity index is 0. The highest BCUT2D eigenvalue weighted by Gasteiger charge is 2.27. The summed E-state index contributed by atoms with van der Waals surface area (Å²) in [5, 5.41) is 1.07. The number of alkyl halides is 4. The number of hydrogen-bond donors (Lipinski definition) is 0. The SMILES string of the molecule is Br.FC(F)(F)SCCCCOCCCCCCCBr. The van der Waals surface area contributed by atoms with E-state index in [2.05, 4.69) is 15.9 Å². The van der Waals surface area contributed by atoms with Crippen LogP contribution in [-0.2, 0) is 4.74 Å². The summed E-state index contributed by atoms with van der Waals surface area (Å²) < 4.78 is 40.7. The first-order valence-corrected chi connectivity index (χ1v) is 8.51. The molecule has 0 heterocycles. The summed E-state index contributed by atoms with van der Waals surface area (Å²) in [6.45, 7) is 1.32. The van der Waals surface area contributed by atoms with Crippen molar-refractivity contribution in [3.05, 3.63) is 0 Å². The highest BCUT2D eigenvalue weighted by atomic mass is 79.9. The molecular formula is C12H23Br2F3OS. The van der Waals surface area contributed by atoms with Crippen LogP contribution in [0.4, 0.5) is 13.2 Å². The van der Waals surface area contributed by atoms with E-state index in [1.165, 1.54) is 25.7 Å². The van der Waals surface area contributed by atoms with Crippen LogP contribution in [0.5, 0.6) is 0 Å². The predicted octanol–water partition coefficient (Wildman–Crippen LogP) is 5.96. The Morgan fingerprint density at radius 1 is 0.842 bits per heavy atom. The molecule has 0 aliphatic carbocycles. The van der Waals surface area contributed by atoms with Gasteiger partial charge in [-0.15, -0.1) is 17.0 Å². The summed E-state index contributed by atoms with van der Waals surface area (Å²) in [6, 6.07) is 0. The Morgan fingerprint density at radius 3 is 1.95 bits per heavy atom. The van der Waals surface area contributed by atoms with Crippen molar-refractivity contribution < 1.29 is 17.9 Å². The molecule has 0 unspecified atom stereocenters. The normalized spacial score (nSPS) is 11.4. The quantitative estimate of drug-likeness (QED) is 0.278. The Kier molecular flexibility index (Phi) is 18.2. The lowest BCUT2D eigenvalue weighted by atomic mass is 10.2. The second-order valence-electron chi connectivity index (χ2n) is 4.07. The topological polar surface area (TPSA) is 9.23 Å². The van der Waals surface area contributed by atoms with Crippen LogP contribution < -0.4 is 0 Å². The van der Waals surface area contributed by atoms with Gasteiger partial charge in [0.1, 0.15) is 0 Å². The molecule has 1 nitrogen and oxygen atoms in total. The molecule has 0 spiro atoms. The molecule has 7 heteroatoms. The van der Waals surface area contributed by atoms with Gasteiger partial charge in [-0.3, -0.25) is 0 Å². The molecule has 0 amide bonds. The maximum absolute atomic E-state index is 11.8. The van der Waals surface area contributed by atoms with Gasteiger partial charge < -0.3 is 4.74 Å². The van der Waals surface area contributed by atoms with E-state index in [0.717, 1.165) is 18.4 Å². The van der Waals surface area contributed by atoms with Crippen molar-refractivity contribution in [2.75, 3.05) is 24.3 Å². The third kappa shape index (κ3) is 21.5. The summed E-state index contributed by atoms with van der Waals surface area (Å²) in [5.41, 5.74) is -4.09. The lowest BCUT2D eigenvalue weighted by Gasteiger charge is -2.06. The minimum atomic E-state index is -4.09. The average molecular weight is 432 g/mol. The van der Waals surface area contributed by atoms with Gasteiger partial charge in [0.2, 0.25) is 0 Å². The van der Waals surface area contributed by atoms with Gasteiger partial charge in [0.25, 0.3) is 0 Å². The molecule has 0 aromatic heterocycles. The number of hydrogen-bond acceptors (Lipinski definition) is 2. The summed E-state index contributed by atoms with van der Waals surface area (Å²) in [6.07, 6.45) is 7.22. The van der Waals surface area contributed by atoms with Gasteiger partial charge >= 0.3 is 5.51 Å². The lowest BCUT2D eigenvalue weighted by Crippen LogP contribution is -2.02. The van der Waals surface area contributed by atoms with Crippen LogP contribution in [0.25, 0.3) is 0 Å². The third-order valence-electron chi connectivity index (χ3n) is 2.37. The smallest absolute Gasteiger partial charge is 0.381 e. The van der Waals surface area contributed by atoms with Crippen LogP contribution in [-0.4, -0.2) is 29.8 Å². The Bertz CT molecular complexity index is 183. The molecular weight excluding hydrogens is 409 g/mol. The Labute approximate surface area is 137 Å². The Morgan fingerprint density at radius 2 is 1.37 bits per heavy atom. The molecule has 0 aromatic rings. The van der Waals surface area contributed by atoms with Crippen molar-refractivity contribution in [1.82, 2.24) is 0 Å². The number of rotatable bonds is 12. The van der Waals surface area contributed by atoms with E-state index < -0.39 is 5.51 Å². The summed E-state index contributed by atoms with van der Waals surface area (Å²) in [5.74, 6) is 0.138. The first kappa shape index (κ1) is 22.3. The molecule has 0 aliphatic heterocycles. The number of unbranched alkanes of at least 4 members (excludes halogenated alkanes) is 5. The molecule has 0 bridgehead atoms. The fraction of sp³-hybridized carbons (Fsp3) is 1.00. The number of halogens is 5. The van der Waals surface area contributed by atoms with E-state index in [1.54, 1.807) is 0 Å². The van der Waals surface area contributed by atoms with E-state index in [4.69, 9.17) is 4.74 Å². The van der Waals surface area contributed by atoms with Crippen molar-refractivity contribution in [1.29, 1.82) is 0 Å². The molecule has 0 saturated carbocycles. The van der Waals surface area contributed by atoms with Crippen molar-refractivity contribution in [2.24, 2.45) is 0 Å². The van der Waals surface area contributed by atoms with Gasteiger partial charge in [-0.25, -0.2) is 0 Å². The zero-order valence-corrected chi connectivity index (χ0v) is 15.1. The van der Waals surface area contributed by atoms with Crippen LogP contribution in [0.3, 0.4) is 0 Å². The molecule has 118 valence electrons. The highest BCUT2D eigenvalue weighted by molar-refractivity contribution is 9.09. The van der Waals surface area contributed by atoms with E-state index in [1.807, 2.05) is 0 Å². The zero-order chi connectivity index (χ0) is 13.7. The molecule has 0 rings (SSSR count). The molecule has 0 saturated heterocycles. The average Bonchev–Trinajstić information content (AvgIpc) is 2.29. The monoisotopic (exact) mass is 430 g/mol. The van der Waals surface area contributed by atoms with E-state index in [-0.39, 0.29) is 34.5 Å². The standard InChI is InChI=1S/C12H22BrF3OS.BrH/c13-8-4-2-1-3-5-9-17-10-6-7-11-18-12(14,15)16;/h1-11H2;1H. The van der Waals surface area contributed by atoms with Gasteiger partial charge in [-0.2, -0.15) is 13.2 Å². The maximum Gasteiger partial charge on any atom is 0.441 e. The Hall–Kier alpha value is 1.06. The molecule has 0 radical (unpaired) electrons. The van der Waals surface area contributed by atoms with Crippen molar-refractivity contribution >= 4 is 44.7 Å². The van der Waals surface area contributed by atoms with Gasteiger partial charge in [0.05, 0.1) is 0 Å². The van der Waals surface area contributed by atoms with Gasteiger partial charge in [0.15, 0.2) is 0 Å². The van der Waals surface area contributed by atoms with Crippen molar-refractivity contribution in [3.63, 3.8) is 0 Å². The summed E-state index contributed by atoms with van der Waals surface area (Å²) >= 11 is 3.44. The first-order chi connectivity index (χ1) is 8.56. The fourth-order valence-corrected chi connectivity index (χ4v) is 2.40. The molecule has 0 fully saturated rings. The largest absolute Gasteiger partial charge is 0.441 e. The molecule has 0 N–H and O–H groups in total. The number of ether oxygens (including phenoxy) is 1. The van der Waals surface area contributed by atoms with Crippen LogP contribution in [0.1, 0.15) is 44.9 Å². The van der Waals surface area contributed by atoms with Crippen molar-refractivity contribution in [3.8, 4) is 0 Å². The lowest BCUT2D eigenvalue weighted by molar-refractivity contribution is -0.0328. The van der Waals surface area contributed by atoms with E-state index >= 15 is 0 Å². The molecule has 19 heavy (non-hydrogen) atoms. The highest BCUT2D eigenvalue weighted by Crippen LogP contribution is 2.30.